The number of benzene rings is 2. The van der Waals surface area contributed by atoms with Gasteiger partial charge in [-0.15, -0.1) is 0 Å². The van der Waals surface area contributed by atoms with Crippen molar-refractivity contribution in [2.24, 2.45) is 4.99 Å². The van der Waals surface area contributed by atoms with Gasteiger partial charge in [0.05, 0.1) is 5.69 Å². The number of rotatable bonds is 0. The molecule has 4 rings (SSSR count). The first kappa shape index (κ1) is 11.5. The molecule has 98 valence electrons. The number of para-hydroxylation sites is 1. The van der Waals surface area contributed by atoms with Gasteiger partial charge in [-0.2, -0.15) is 0 Å². The van der Waals surface area contributed by atoms with Crippen molar-refractivity contribution in [2.45, 2.75) is 18.8 Å². The molecule has 0 bridgehead atoms. The smallest absolute Gasteiger partial charge is 0.179 e. The Morgan fingerprint density at radius 1 is 1.20 bits per heavy atom. The number of carbonyl (C=O) groups excluding carboxylic acids is 1. The molecule has 3 heteroatoms. The van der Waals surface area contributed by atoms with Gasteiger partial charge < -0.3 is 0 Å². The maximum atomic E-state index is 13.4. The highest BCUT2D eigenvalue weighted by Gasteiger charge is 2.52. The molecule has 0 N–H and O–H groups in total. The van der Waals surface area contributed by atoms with Gasteiger partial charge in [-0.3, -0.25) is 9.79 Å². The van der Waals surface area contributed by atoms with Gasteiger partial charge in [0.25, 0.3) is 0 Å². The van der Waals surface area contributed by atoms with Crippen molar-refractivity contribution >= 4 is 17.2 Å². The second kappa shape index (κ2) is 3.63. The second-order valence-corrected chi connectivity index (χ2v) is 5.43. The number of nitrogens with zero attached hydrogens (tertiary/aromatic N) is 1. The maximum Gasteiger partial charge on any atom is 0.179 e. The van der Waals surface area contributed by atoms with Gasteiger partial charge in [-0.1, -0.05) is 18.2 Å². The van der Waals surface area contributed by atoms with E-state index < -0.39 is 5.41 Å². The molecule has 1 aliphatic heterocycles. The lowest BCUT2D eigenvalue weighted by molar-refractivity contribution is 0.0946. The molecule has 0 fully saturated rings. The van der Waals surface area contributed by atoms with Gasteiger partial charge in [0, 0.05) is 11.3 Å². The zero-order valence-electron chi connectivity index (χ0n) is 11.0. The molecule has 1 atom stereocenters. The van der Waals surface area contributed by atoms with Crippen LogP contribution in [0.25, 0.3) is 0 Å². The largest absolute Gasteiger partial charge is 0.293 e. The van der Waals surface area contributed by atoms with Gasteiger partial charge in [0.2, 0.25) is 0 Å². The molecule has 2 aromatic carbocycles. The number of carbonyl (C=O) groups is 1. The molecule has 0 aromatic heterocycles. The average molecular weight is 265 g/mol. The normalized spacial score (nSPS) is 22.9. The van der Waals surface area contributed by atoms with E-state index in [0.717, 1.165) is 22.5 Å². The van der Waals surface area contributed by atoms with E-state index in [-0.39, 0.29) is 11.6 Å². The molecule has 2 aromatic rings. The number of aliphatic imine (C=N–C) groups is 1. The molecule has 0 amide bonds. The molecule has 2 nitrogen and oxygen atoms in total. The van der Waals surface area contributed by atoms with E-state index in [9.17, 15) is 9.18 Å². The molecule has 1 unspecified atom stereocenters. The third-order valence-corrected chi connectivity index (χ3v) is 4.42. The number of hydrogen-bond donors (Lipinski definition) is 0. The highest BCUT2D eigenvalue weighted by Crippen LogP contribution is 2.48. The summed E-state index contributed by atoms with van der Waals surface area (Å²) in [6.45, 7) is 1.89. The van der Waals surface area contributed by atoms with Crippen LogP contribution >= 0.6 is 0 Å². The van der Waals surface area contributed by atoms with Crippen LogP contribution in [0.5, 0.6) is 0 Å². The highest BCUT2D eigenvalue weighted by atomic mass is 19.1. The third kappa shape index (κ3) is 1.22. The van der Waals surface area contributed by atoms with Crippen LogP contribution in [-0.2, 0) is 11.8 Å². The van der Waals surface area contributed by atoms with Crippen molar-refractivity contribution in [3.8, 4) is 0 Å². The minimum Gasteiger partial charge on any atom is -0.293 e. The van der Waals surface area contributed by atoms with Crippen LogP contribution in [0.2, 0.25) is 0 Å². The summed E-state index contributed by atoms with van der Waals surface area (Å²) in [5.74, 6) is -0.256. The number of hydrogen-bond acceptors (Lipinski definition) is 2. The second-order valence-electron chi connectivity index (χ2n) is 5.43. The van der Waals surface area contributed by atoms with Gasteiger partial charge in [0.1, 0.15) is 11.2 Å². The summed E-state index contributed by atoms with van der Waals surface area (Å²) in [4.78, 5) is 17.4. The molecule has 20 heavy (non-hydrogen) atoms. The summed E-state index contributed by atoms with van der Waals surface area (Å²) in [6.07, 6.45) is 0.505. The Hall–Kier alpha value is -2.29. The minimum absolute atomic E-state index is 0.0405. The van der Waals surface area contributed by atoms with Crippen molar-refractivity contribution in [3.05, 3.63) is 65.0 Å². The Labute approximate surface area is 116 Å². The van der Waals surface area contributed by atoms with E-state index in [1.807, 2.05) is 31.2 Å². The molecule has 0 radical (unpaired) electrons. The van der Waals surface area contributed by atoms with Gasteiger partial charge in [0.15, 0.2) is 5.78 Å². The molecular formula is C17H12FNO. The van der Waals surface area contributed by atoms with Crippen molar-refractivity contribution in [3.63, 3.8) is 0 Å². The summed E-state index contributed by atoms with van der Waals surface area (Å²) < 4.78 is 13.4. The lowest BCUT2D eigenvalue weighted by atomic mass is 9.75. The van der Waals surface area contributed by atoms with E-state index >= 15 is 0 Å². The zero-order valence-corrected chi connectivity index (χ0v) is 11.0. The van der Waals surface area contributed by atoms with E-state index in [1.54, 1.807) is 6.07 Å². The van der Waals surface area contributed by atoms with Crippen LogP contribution < -0.4 is 0 Å². The lowest BCUT2D eigenvalue weighted by Gasteiger charge is -2.23. The highest BCUT2D eigenvalue weighted by molar-refractivity contribution is 6.26. The van der Waals surface area contributed by atoms with Gasteiger partial charge in [-0.25, -0.2) is 4.39 Å². The Kier molecular flexibility index (Phi) is 2.09. The topological polar surface area (TPSA) is 29.4 Å². The Balaban J connectivity index is 1.97. The first-order valence-electron chi connectivity index (χ1n) is 6.61. The van der Waals surface area contributed by atoms with E-state index in [2.05, 4.69) is 4.99 Å². The molecule has 1 aliphatic carbocycles. The molecule has 2 aliphatic rings. The van der Waals surface area contributed by atoms with Crippen LogP contribution in [0, 0.1) is 5.82 Å². The summed E-state index contributed by atoms with van der Waals surface area (Å²) >= 11 is 0. The van der Waals surface area contributed by atoms with Crippen molar-refractivity contribution < 1.29 is 9.18 Å². The standard InChI is InChI=1S/C17H12FNO/c1-10-17(14-4-2-3-5-15(14)19-10)9-11-8-12(18)6-7-13(11)16(17)20/h2-8H,9H2,1H3. The average Bonchev–Trinajstić information content (AvgIpc) is 2.88. The fourth-order valence-electron chi connectivity index (χ4n) is 3.44. The van der Waals surface area contributed by atoms with Crippen LogP contribution in [0.4, 0.5) is 10.1 Å². The lowest BCUT2D eigenvalue weighted by Crippen LogP contribution is -2.37. The first-order valence-corrected chi connectivity index (χ1v) is 6.61. The van der Waals surface area contributed by atoms with Gasteiger partial charge in [-0.05, 0) is 48.7 Å². The zero-order chi connectivity index (χ0) is 13.9. The van der Waals surface area contributed by atoms with Crippen LogP contribution in [-0.4, -0.2) is 11.5 Å². The molecule has 0 saturated heterocycles. The fourth-order valence-corrected chi connectivity index (χ4v) is 3.44. The fraction of sp³-hybridized carbons (Fsp3) is 0.176. The first-order chi connectivity index (χ1) is 9.63. The minimum atomic E-state index is -0.716. The predicted octanol–water partition coefficient (Wildman–Crippen LogP) is 3.61. The van der Waals surface area contributed by atoms with Crippen LogP contribution in [0.1, 0.15) is 28.4 Å². The predicted molar refractivity (Wildman–Crippen MR) is 75.3 cm³/mol. The van der Waals surface area contributed by atoms with Crippen LogP contribution in [0.15, 0.2) is 47.5 Å². The Morgan fingerprint density at radius 2 is 2.00 bits per heavy atom. The summed E-state index contributed by atoms with van der Waals surface area (Å²) in [7, 11) is 0. The van der Waals surface area contributed by atoms with Gasteiger partial charge >= 0.3 is 0 Å². The summed E-state index contributed by atoms with van der Waals surface area (Å²) in [5, 5.41) is 0. The number of Topliss-reactive ketones (excluding diaryl/α,β-unsaturated/α-hetero) is 1. The quantitative estimate of drug-likeness (QED) is 0.715. The third-order valence-electron chi connectivity index (χ3n) is 4.42. The van der Waals surface area contributed by atoms with E-state index in [0.29, 0.717) is 12.0 Å². The number of fused-ring (bicyclic) bond motifs is 3. The summed E-state index contributed by atoms with van der Waals surface area (Å²) in [6, 6.07) is 12.1. The monoisotopic (exact) mass is 265 g/mol. The van der Waals surface area contributed by atoms with Crippen molar-refractivity contribution in [1.29, 1.82) is 0 Å². The van der Waals surface area contributed by atoms with Crippen LogP contribution in [0.3, 0.4) is 0 Å². The summed E-state index contributed by atoms with van der Waals surface area (Å²) in [5.41, 5.74) is 3.29. The number of halogens is 1. The Bertz CT molecular complexity index is 793. The molecule has 1 spiro atoms. The Morgan fingerprint density at radius 3 is 2.85 bits per heavy atom. The van der Waals surface area contributed by atoms with E-state index in [1.165, 1.54) is 12.1 Å². The van der Waals surface area contributed by atoms with Crippen molar-refractivity contribution in [1.82, 2.24) is 0 Å². The SMILES string of the molecule is CC1=Nc2ccccc2C12Cc1cc(F)ccc1C2=O. The molecule has 0 saturated carbocycles. The molecule has 1 heterocycles. The molecular weight excluding hydrogens is 253 g/mol. The number of ketones is 1. The van der Waals surface area contributed by atoms with Crippen molar-refractivity contribution in [2.75, 3.05) is 0 Å². The van der Waals surface area contributed by atoms with E-state index in [4.69, 9.17) is 0 Å². The maximum absolute atomic E-state index is 13.4.